The van der Waals surface area contributed by atoms with E-state index < -0.39 is 24.4 Å². The summed E-state index contributed by atoms with van der Waals surface area (Å²) < 4.78 is 39.3. The number of hydrogen-bond donors (Lipinski definition) is 0. The van der Waals surface area contributed by atoms with Gasteiger partial charge in [0.25, 0.3) is 0 Å². The van der Waals surface area contributed by atoms with Crippen molar-refractivity contribution in [1.29, 1.82) is 0 Å². The molecule has 8 heteroatoms. The third kappa shape index (κ3) is 4.79. The number of nitrogens with zero attached hydrogens (tertiary/aromatic N) is 2. The van der Waals surface area contributed by atoms with E-state index >= 15 is 0 Å². The molecule has 0 bridgehead atoms. The molecular weight excluding hydrogens is 394 g/mol. The molecule has 3 aliphatic rings. The Kier molecular flexibility index (Phi) is 7.71. The summed E-state index contributed by atoms with van der Waals surface area (Å²) in [7, 11) is 3.08. The smallest absolute Gasteiger partial charge is 0.229 e. The van der Waals surface area contributed by atoms with Crippen LogP contribution in [0.1, 0.15) is 52.4 Å². The zero-order valence-electron chi connectivity index (χ0n) is 18.6. The van der Waals surface area contributed by atoms with Crippen LogP contribution < -0.4 is 0 Å². The van der Waals surface area contributed by atoms with E-state index in [2.05, 4.69) is 0 Å². The third-order valence-electron chi connectivity index (χ3n) is 7.22. The van der Waals surface area contributed by atoms with E-state index in [0.717, 1.165) is 0 Å². The Bertz CT molecular complexity index is 610. The van der Waals surface area contributed by atoms with Crippen LogP contribution in [0.15, 0.2) is 0 Å². The molecule has 172 valence electrons. The van der Waals surface area contributed by atoms with Gasteiger partial charge in [-0.15, -0.1) is 0 Å². The van der Waals surface area contributed by atoms with Crippen molar-refractivity contribution < 1.29 is 27.8 Å². The lowest BCUT2D eigenvalue weighted by Crippen LogP contribution is -2.62. The second-order valence-electron chi connectivity index (χ2n) is 9.28. The molecule has 0 aromatic rings. The fourth-order valence-corrected chi connectivity index (χ4v) is 5.54. The fraction of sp³-hybridized carbons (Fsp3) is 0.909. The van der Waals surface area contributed by atoms with E-state index in [0.29, 0.717) is 38.8 Å². The summed E-state index contributed by atoms with van der Waals surface area (Å²) >= 11 is 0. The number of halogens is 2. The molecule has 8 atom stereocenters. The summed E-state index contributed by atoms with van der Waals surface area (Å²) in [5.41, 5.74) is 0. The number of carbonyl (C=O) groups is 2. The Balaban J connectivity index is 1.60. The van der Waals surface area contributed by atoms with Crippen molar-refractivity contribution in [2.45, 2.75) is 89.0 Å². The molecule has 0 aromatic carbocycles. The van der Waals surface area contributed by atoms with Crippen molar-refractivity contribution in [3.63, 3.8) is 0 Å². The van der Waals surface area contributed by atoms with Gasteiger partial charge in [0.1, 0.15) is 12.3 Å². The summed E-state index contributed by atoms with van der Waals surface area (Å²) in [6, 6.07) is -0.400. The van der Waals surface area contributed by atoms with Crippen LogP contribution in [0, 0.1) is 11.8 Å². The lowest BCUT2D eigenvalue weighted by atomic mass is 9.83. The molecule has 2 saturated carbocycles. The van der Waals surface area contributed by atoms with Crippen molar-refractivity contribution in [3.05, 3.63) is 0 Å². The highest BCUT2D eigenvalue weighted by Crippen LogP contribution is 2.34. The maximum absolute atomic E-state index is 14.7. The maximum atomic E-state index is 14.7. The topological polar surface area (TPSA) is 59.1 Å². The molecule has 0 aromatic heterocycles. The standard InChI is InChI=1S/C22H36F2N2O4/c1-13-11-25(21(27)15-5-8-20(30-4)19(24)9-15)12-14(2)26(13)22(28)17-7-6-16(29-3)10-18(17)23/h13-20H,5-12H2,1-4H3/t13-,14-,15?,16?,17?,18?,19?,20?/m1/s1. The summed E-state index contributed by atoms with van der Waals surface area (Å²) in [6.07, 6.45) is -0.114. The number of piperazine rings is 1. The Hall–Kier alpha value is -1.28. The second kappa shape index (κ2) is 9.90. The van der Waals surface area contributed by atoms with Gasteiger partial charge in [0.05, 0.1) is 18.1 Å². The number of alkyl halides is 2. The van der Waals surface area contributed by atoms with Crippen LogP contribution in [0.3, 0.4) is 0 Å². The van der Waals surface area contributed by atoms with Crippen LogP contribution in [-0.4, -0.2) is 85.6 Å². The molecule has 1 heterocycles. The summed E-state index contributed by atoms with van der Waals surface area (Å²) in [6.45, 7) is 4.62. The highest BCUT2D eigenvalue weighted by molar-refractivity contribution is 5.82. The average molecular weight is 431 g/mol. The van der Waals surface area contributed by atoms with Gasteiger partial charge in [-0.2, -0.15) is 0 Å². The van der Waals surface area contributed by atoms with E-state index in [-0.39, 0.29) is 48.8 Å². The van der Waals surface area contributed by atoms with Gasteiger partial charge >= 0.3 is 0 Å². The van der Waals surface area contributed by atoms with Crippen LogP contribution in [-0.2, 0) is 19.1 Å². The number of carbonyl (C=O) groups excluding carboxylic acids is 2. The second-order valence-corrected chi connectivity index (χ2v) is 9.28. The SMILES string of the molecule is COC1CCC(C(=O)N2[C@H](C)CN(C(=O)C3CCC(OC)C(F)C3)C[C@H]2C)C(F)C1. The van der Waals surface area contributed by atoms with Gasteiger partial charge < -0.3 is 19.3 Å². The van der Waals surface area contributed by atoms with Crippen LogP contribution in [0.5, 0.6) is 0 Å². The molecule has 1 saturated heterocycles. The average Bonchev–Trinajstić information content (AvgIpc) is 2.72. The molecule has 2 amide bonds. The van der Waals surface area contributed by atoms with Gasteiger partial charge in [-0.05, 0) is 46.0 Å². The molecule has 0 spiro atoms. The predicted molar refractivity (Wildman–Crippen MR) is 108 cm³/mol. The first-order valence-corrected chi connectivity index (χ1v) is 11.2. The van der Waals surface area contributed by atoms with E-state index in [4.69, 9.17) is 9.47 Å². The van der Waals surface area contributed by atoms with E-state index in [1.165, 1.54) is 7.11 Å². The van der Waals surface area contributed by atoms with Crippen molar-refractivity contribution in [2.75, 3.05) is 27.3 Å². The van der Waals surface area contributed by atoms with Crippen molar-refractivity contribution in [1.82, 2.24) is 9.80 Å². The minimum Gasteiger partial charge on any atom is -0.381 e. The Labute approximate surface area is 178 Å². The first-order chi connectivity index (χ1) is 14.3. The number of methoxy groups -OCH3 is 2. The first kappa shape index (κ1) is 23.4. The number of amides is 2. The zero-order valence-corrected chi connectivity index (χ0v) is 18.6. The van der Waals surface area contributed by atoms with Crippen LogP contribution in [0.4, 0.5) is 8.78 Å². The summed E-state index contributed by atoms with van der Waals surface area (Å²) in [5.74, 6) is -1.18. The lowest BCUT2D eigenvalue weighted by Gasteiger charge is -2.47. The zero-order chi connectivity index (χ0) is 22.0. The quantitative estimate of drug-likeness (QED) is 0.688. The number of rotatable bonds is 4. The molecule has 3 fully saturated rings. The normalized spacial score (nSPS) is 40.3. The van der Waals surface area contributed by atoms with Crippen molar-refractivity contribution >= 4 is 11.8 Å². The molecule has 3 rings (SSSR count). The van der Waals surface area contributed by atoms with Crippen LogP contribution in [0.2, 0.25) is 0 Å². The van der Waals surface area contributed by atoms with Crippen molar-refractivity contribution in [2.24, 2.45) is 11.8 Å². The van der Waals surface area contributed by atoms with Crippen molar-refractivity contribution in [3.8, 4) is 0 Å². The van der Waals surface area contributed by atoms with E-state index in [9.17, 15) is 18.4 Å². The van der Waals surface area contributed by atoms with Crippen LogP contribution in [0.25, 0.3) is 0 Å². The number of hydrogen-bond acceptors (Lipinski definition) is 4. The minimum atomic E-state index is -1.20. The third-order valence-corrected chi connectivity index (χ3v) is 7.22. The fourth-order valence-electron chi connectivity index (χ4n) is 5.54. The van der Waals surface area contributed by atoms with Gasteiger partial charge in [0.15, 0.2) is 0 Å². The summed E-state index contributed by atoms with van der Waals surface area (Å²) in [4.78, 5) is 29.7. The monoisotopic (exact) mass is 430 g/mol. The van der Waals surface area contributed by atoms with E-state index in [1.807, 2.05) is 13.8 Å². The maximum Gasteiger partial charge on any atom is 0.229 e. The molecule has 6 nitrogen and oxygen atoms in total. The molecule has 2 aliphatic carbocycles. The first-order valence-electron chi connectivity index (χ1n) is 11.2. The van der Waals surface area contributed by atoms with Gasteiger partial charge in [-0.25, -0.2) is 8.78 Å². The largest absolute Gasteiger partial charge is 0.381 e. The van der Waals surface area contributed by atoms with Gasteiger partial charge in [-0.3, -0.25) is 9.59 Å². The molecule has 0 radical (unpaired) electrons. The Morgan fingerprint density at radius 1 is 0.833 bits per heavy atom. The summed E-state index contributed by atoms with van der Waals surface area (Å²) in [5, 5.41) is 0. The minimum absolute atomic E-state index is 0.0398. The lowest BCUT2D eigenvalue weighted by molar-refractivity contribution is -0.155. The molecule has 1 aliphatic heterocycles. The number of ether oxygens (including phenoxy) is 2. The Morgan fingerprint density at radius 2 is 1.50 bits per heavy atom. The van der Waals surface area contributed by atoms with Gasteiger partial charge in [0.2, 0.25) is 11.8 Å². The van der Waals surface area contributed by atoms with E-state index in [1.54, 1.807) is 16.9 Å². The van der Waals surface area contributed by atoms with Crippen LogP contribution >= 0.6 is 0 Å². The molecular formula is C22H36F2N2O4. The van der Waals surface area contributed by atoms with Gasteiger partial charge in [0, 0.05) is 51.7 Å². The molecule has 30 heavy (non-hydrogen) atoms. The predicted octanol–water partition coefficient (Wildman–Crippen LogP) is 2.74. The molecule has 6 unspecified atom stereocenters. The molecule has 0 N–H and O–H groups in total. The Morgan fingerprint density at radius 3 is 2.03 bits per heavy atom. The van der Waals surface area contributed by atoms with Gasteiger partial charge in [-0.1, -0.05) is 0 Å². The highest BCUT2D eigenvalue weighted by Gasteiger charge is 2.44. The highest BCUT2D eigenvalue weighted by atomic mass is 19.1.